The third-order valence-corrected chi connectivity index (χ3v) is 6.59. The van der Waals surface area contributed by atoms with Gasteiger partial charge in [0.1, 0.15) is 6.04 Å². The predicted octanol–water partition coefficient (Wildman–Crippen LogP) is 1.90. The summed E-state index contributed by atoms with van der Waals surface area (Å²) in [5, 5.41) is 13.9. The van der Waals surface area contributed by atoms with Gasteiger partial charge in [0.25, 0.3) is 5.69 Å². The molecular weight excluding hydrogens is 448 g/mol. The maximum atomic E-state index is 12.8. The van der Waals surface area contributed by atoms with Crippen LogP contribution in [-0.4, -0.2) is 62.7 Å². The number of benzene rings is 2. The van der Waals surface area contributed by atoms with E-state index in [0.717, 1.165) is 60.6 Å². The Morgan fingerprint density at radius 1 is 1.18 bits per heavy atom. The van der Waals surface area contributed by atoms with Gasteiger partial charge in [0.05, 0.1) is 30.1 Å². The molecule has 3 rings (SSSR count). The Morgan fingerprint density at radius 2 is 1.85 bits per heavy atom. The van der Waals surface area contributed by atoms with Gasteiger partial charge in [0.2, 0.25) is 15.9 Å². The van der Waals surface area contributed by atoms with Gasteiger partial charge in [-0.1, -0.05) is 30.3 Å². The van der Waals surface area contributed by atoms with Crippen molar-refractivity contribution in [2.24, 2.45) is 0 Å². The summed E-state index contributed by atoms with van der Waals surface area (Å²) in [6.07, 6.45) is 0.963. The van der Waals surface area contributed by atoms with E-state index in [0.29, 0.717) is 0 Å². The molecule has 0 unspecified atom stereocenters. The Balaban J connectivity index is 1.69. The van der Waals surface area contributed by atoms with Crippen LogP contribution in [0, 0.1) is 10.1 Å². The van der Waals surface area contributed by atoms with Crippen molar-refractivity contribution in [1.82, 2.24) is 10.2 Å². The molecule has 10 nitrogen and oxygen atoms in total. The van der Waals surface area contributed by atoms with Crippen LogP contribution < -0.4 is 9.62 Å². The number of nitro benzene ring substituents is 1. The van der Waals surface area contributed by atoms with Crippen LogP contribution in [0.3, 0.4) is 0 Å². The molecule has 178 valence electrons. The van der Waals surface area contributed by atoms with Gasteiger partial charge in [-0.3, -0.25) is 24.1 Å². The van der Waals surface area contributed by atoms with E-state index in [1.807, 2.05) is 24.3 Å². The van der Waals surface area contributed by atoms with Crippen LogP contribution in [0.5, 0.6) is 0 Å². The quantitative estimate of drug-likeness (QED) is 0.433. The zero-order chi connectivity index (χ0) is 24.0. The number of morpholine rings is 1. The molecule has 1 amide bonds. The highest BCUT2D eigenvalue weighted by atomic mass is 32.2. The number of rotatable bonds is 9. The minimum absolute atomic E-state index is 0.0573. The number of nitrogens with one attached hydrogen (secondary N) is 1. The topological polar surface area (TPSA) is 122 Å². The summed E-state index contributed by atoms with van der Waals surface area (Å²) < 4.78 is 31.1. The van der Waals surface area contributed by atoms with Crippen LogP contribution in [0.1, 0.15) is 18.1 Å². The van der Waals surface area contributed by atoms with Crippen molar-refractivity contribution in [3.8, 4) is 0 Å². The van der Waals surface area contributed by atoms with Crippen LogP contribution in [0.4, 0.5) is 11.4 Å². The van der Waals surface area contributed by atoms with E-state index in [1.165, 1.54) is 25.1 Å². The van der Waals surface area contributed by atoms with Gasteiger partial charge < -0.3 is 10.1 Å². The highest BCUT2D eigenvalue weighted by Crippen LogP contribution is 2.25. The summed E-state index contributed by atoms with van der Waals surface area (Å²) >= 11 is 0. The largest absolute Gasteiger partial charge is 0.379 e. The van der Waals surface area contributed by atoms with E-state index >= 15 is 0 Å². The molecular formula is C22H28N4O6S. The van der Waals surface area contributed by atoms with Gasteiger partial charge in [-0.15, -0.1) is 0 Å². The molecule has 1 atom stereocenters. The first-order valence-corrected chi connectivity index (χ1v) is 12.4. The lowest BCUT2D eigenvalue weighted by Crippen LogP contribution is -2.47. The van der Waals surface area contributed by atoms with Crippen LogP contribution in [0.25, 0.3) is 0 Å². The molecule has 0 spiro atoms. The molecule has 1 aliphatic rings. The first-order chi connectivity index (χ1) is 15.6. The molecule has 1 saturated heterocycles. The minimum atomic E-state index is -3.88. The number of anilines is 1. The lowest BCUT2D eigenvalue weighted by Gasteiger charge is -2.28. The smallest absolute Gasteiger partial charge is 0.271 e. The summed E-state index contributed by atoms with van der Waals surface area (Å²) in [7, 11) is -3.88. The van der Waals surface area contributed by atoms with E-state index in [1.54, 1.807) is 0 Å². The average molecular weight is 477 g/mol. The van der Waals surface area contributed by atoms with Crippen molar-refractivity contribution in [2.45, 2.75) is 26.1 Å². The summed E-state index contributed by atoms with van der Waals surface area (Å²) in [4.78, 5) is 25.6. The van der Waals surface area contributed by atoms with Gasteiger partial charge in [-0.25, -0.2) is 8.42 Å². The van der Waals surface area contributed by atoms with Crippen molar-refractivity contribution in [3.05, 3.63) is 69.8 Å². The number of nitro groups is 1. The predicted molar refractivity (Wildman–Crippen MR) is 124 cm³/mol. The highest BCUT2D eigenvalue weighted by Gasteiger charge is 2.30. The second kappa shape index (κ2) is 10.7. The number of sulfonamides is 1. The van der Waals surface area contributed by atoms with E-state index in [4.69, 9.17) is 4.74 Å². The van der Waals surface area contributed by atoms with E-state index in [2.05, 4.69) is 10.2 Å². The van der Waals surface area contributed by atoms with Crippen molar-refractivity contribution in [3.63, 3.8) is 0 Å². The van der Waals surface area contributed by atoms with Gasteiger partial charge in [0.15, 0.2) is 0 Å². The number of nitrogens with zero attached hydrogens (tertiary/aromatic N) is 3. The maximum absolute atomic E-state index is 12.8. The van der Waals surface area contributed by atoms with Crippen molar-refractivity contribution >= 4 is 27.3 Å². The Kier molecular flexibility index (Phi) is 8.01. The Bertz CT molecular complexity index is 1100. The number of non-ortho nitro benzene ring substituents is 1. The zero-order valence-electron chi connectivity index (χ0n) is 18.6. The highest BCUT2D eigenvalue weighted by molar-refractivity contribution is 7.92. The summed E-state index contributed by atoms with van der Waals surface area (Å²) in [5.41, 5.74) is 1.81. The summed E-state index contributed by atoms with van der Waals surface area (Å²) in [5.74, 6) is -0.509. The first-order valence-electron chi connectivity index (χ1n) is 10.5. The third-order valence-electron chi connectivity index (χ3n) is 5.35. The number of amides is 1. The second-order valence-corrected chi connectivity index (χ2v) is 9.80. The van der Waals surface area contributed by atoms with E-state index < -0.39 is 26.9 Å². The average Bonchev–Trinajstić information content (AvgIpc) is 2.77. The number of hydrogen-bond donors (Lipinski definition) is 1. The van der Waals surface area contributed by atoms with E-state index in [9.17, 15) is 23.3 Å². The molecule has 1 aliphatic heterocycles. The monoisotopic (exact) mass is 476 g/mol. The molecule has 1 heterocycles. The number of hydrogen-bond acceptors (Lipinski definition) is 7. The van der Waals surface area contributed by atoms with Crippen LogP contribution in [0.15, 0.2) is 48.5 Å². The van der Waals surface area contributed by atoms with Gasteiger partial charge >= 0.3 is 0 Å². The maximum Gasteiger partial charge on any atom is 0.271 e. The van der Waals surface area contributed by atoms with Crippen molar-refractivity contribution in [2.75, 3.05) is 36.9 Å². The van der Waals surface area contributed by atoms with Gasteiger partial charge in [-0.2, -0.15) is 0 Å². The number of ether oxygens (including phenoxy) is 1. The molecule has 0 aliphatic carbocycles. The van der Waals surface area contributed by atoms with Crippen molar-refractivity contribution < 1.29 is 22.9 Å². The van der Waals surface area contributed by atoms with Crippen LogP contribution >= 0.6 is 0 Å². The Hall–Kier alpha value is -3.02. The normalized spacial score (nSPS) is 15.6. The molecule has 2 aromatic carbocycles. The lowest BCUT2D eigenvalue weighted by atomic mass is 10.1. The fourth-order valence-electron chi connectivity index (χ4n) is 3.74. The minimum Gasteiger partial charge on any atom is -0.379 e. The second-order valence-electron chi connectivity index (χ2n) is 7.94. The molecule has 0 aromatic heterocycles. The molecule has 1 fully saturated rings. The standard InChI is InChI=1S/C22H28N4O6S/c1-17(25(33(2,30)31)20-7-4-8-21(14-20)26(28)29)22(27)23-15-18-5-3-6-19(13-18)16-24-9-11-32-12-10-24/h3-8,13-14,17H,9-12,15-16H2,1-2H3,(H,23,27)/t17-/m1/s1. The Morgan fingerprint density at radius 3 is 2.52 bits per heavy atom. The molecule has 1 N–H and O–H groups in total. The summed E-state index contributed by atoms with van der Waals surface area (Å²) in [6.45, 7) is 5.64. The SMILES string of the molecule is C[C@H](C(=O)NCc1cccc(CN2CCOCC2)c1)N(c1cccc([N+](=O)[O-])c1)S(C)(=O)=O. The Labute approximate surface area is 193 Å². The van der Waals surface area contributed by atoms with E-state index in [-0.39, 0.29) is 17.9 Å². The molecule has 0 saturated carbocycles. The first kappa shape index (κ1) is 24.6. The molecule has 0 bridgehead atoms. The van der Waals surface area contributed by atoms with Gasteiger partial charge in [0, 0.05) is 38.3 Å². The molecule has 33 heavy (non-hydrogen) atoms. The molecule has 11 heteroatoms. The van der Waals surface area contributed by atoms with Crippen molar-refractivity contribution in [1.29, 1.82) is 0 Å². The molecule has 2 aromatic rings. The van der Waals surface area contributed by atoms with Gasteiger partial charge in [-0.05, 0) is 24.1 Å². The number of carbonyl (C=O) groups is 1. The lowest BCUT2D eigenvalue weighted by molar-refractivity contribution is -0.384. The zero-order valence-corrected chi connectivity index (χ0v) is 19.5. The number of carbonyl (C=O) groups excluding carboxylic acids is 1. The van der Waals surface area contributed by atoms with Crippen LogP contribution in [0.2, 0.25) is 0 Å². The fraction of sp³-hybridized carbons (Fsp3) is 0.409. The fourth-order valence-corrected chi connectivity index (χ4v) is 4.91. The third kappa shape index (κ3) is 6.73. The summed E-state index contributed by atoms with van der Waals surface area (Å²) in [6, 6.07) is 12.0. The van der Waals surface area contributed by atoms with Crippen LogP contribution in [-0.2, 0) is 32.6 Å². The molecule has 0 radical (unpaired) electrons.